The smallest absolute Gasteiger partial charge is 0.250 e. The highest BCUT2D eigenvalue weighted by atomic mass is 35.5. The number of hydrogen-bond donors (Lipinski definition) is 2. The summed E-state index contributed by atoms with van der Waals surface area (Å²) in [4.78, 5) is 40.0. The monoisotopic (exact) mass is 363 g/mol. The Morgan fingerprint density at radius 3 is 2.76 bits per heavy atom. The number of halogens is 1. The Hall–Kier alpha value is -1.96. The van der Waals surface area contributed by atoms with Crippen LogP contribution in [-0.4, -0.2) is 48.9 Å². The molecule has 4 atom stereocenters. The number of likely N-dealkylation sites (tertiary alicyclic amines) is 1. The van der Waals surface area contributed by atoms with Gasteiger partial charge in [0.1, 0.15) is 5.54 Å². The summed E-state index contributed by atoms with van der Waals surface area (Å²) in [6.45, 7) is 2.28. The van der Waals surface area contributed by atoms with E-state index in [1.54, 1.807) is 18.2 Å². The lowest BCUT2D eigenvalue weighted by Gasteiger charge is -2.29. The molecule has 2 N–H and O–H groups in total. The van der Waals surface area contributed by atoms with Gasteiger partial charge in [0, 0.05) is 18.7 Å². The number of nitrogens with zero attached hydrogens (tertiary/aromatic N) is 1. The minimum absolute atomic E-state index is 0.188. The normalized spacial score (nSPS) is 33.2. The molecule has 3 amide bonds. The van der Waals surface area contributed by atoms with Crippen molar-refractivity contribution in [3.63, 3.8) is 0 Å². The van der Waals surface area contributed by atoms with E-state index in [1.807, 2.05) is 6.92 Å². The number of benzene rings is 1. The van der Waals surface area contributed by atoms with Crippen LogP contribution in [0.25, 0.3) is 0 Å². The number of rotatable bonds is 3. The quantitative estimate of drug-likeness (QED) is 0.773. The van der Waals surface area contributed by atoms with Crippen LogP contribution in [0, 0.1) is 11.8 Å². The summed E-state index contributed by atoms with van der Waals surface area (Å²) >= 11 is 6.22. The highest BCUT2D eigenvalue weighted by Gasteiger charge is 2.69. The van der Waals surface area contributed by atoms with Gasteiger partial charge in [0.05, 0.1) is 35.7 Å². The van der Waals surface area contributed by atoms with Crippen LogP contribution in [0.5, 0.6) is 0 Å². The van der Waals surface area contributed by atoms with Gasteiger partial charge in [-0.25, -0.2) is 0 Å². The van der Waals surface area contributed by atoms with Gasteiger partial charge in [-0.1, -0.05) is 23.7 Å². The standard InChI is InChI=1S/C17H18ClN3O4/c1-8-11-12(15(23)21(14(11)22)6-7-25-2)17(20-8)9-4-3-5-10(18)13(9)19-16(17)24/h3-5,8,11-12,20H,6-7H2,1-2H3,(H,19,24). The molecule has 0 saturated carbocycles. The number of hydrogen-bond acceptors (Lipinski definition) is 5. The Morgan fingerprint density at radius 2 is 2.04 bits per heavy atom. The minimum atomic E-state index is -1.26. The van der Waals surface area contributed by atoms with Crippen molar-refractivity contribution in [2.45, 2.75) is 18.5 Å². The molecule has 2 fully saturated rings. The van der Waals surface area contributed by atoms with Gasteiger partial charge >= 0.3 is 0 Å². The van der Waals surface area contributed by atoms with Gasteiger partial charge in [-0.2, -0.15) is 0 Å². The van der Waals surface area contributed by atoms with Crippen LogP contribution >= 0.6 is 11.6 Å². The van der Waals surface area contributed by atoms with Gasteiger partial charge in [0.2, 0.25) is 17.7 Å². The first-order chi connectivity index (χ1) is 11.9. The lowest BCUT2D eigenvalue weighted by molar-refractivity contribution is -0.143. The molecule has 7 nitrogen and oxygen atoms in total. The fraction of sp³-hybridized carbons (Fsp3) is 0.471. The van der Waals surface area contributed by atoms with E-state index in [1.165, 1.54) is 12.0 Å². The molecule has 25 heavy (non-hydrogen) atoms. The van der Waals surface area contributed by atoms with Crippen LogP contribution in [0.4, 0.5) is 5.69 Å². The molecule has 0 aliphatic carbocycles. The number of imide groups is 1. The molecular formula is C17H18ClN3O4. The molecular weight excluding hydrogens is 346 g/mol. The van der Waals surface area contributed by atoms with Crippen LogP contribution in [0.1, 0.15) is 12.5 Å². The van der Waals surface area contributed by atoms with Crippen molar-refractivity contribution in [1.29, 1.82) is 0 Å². The van der Waals surface area contributed by atoms with Crippen molar-refractivity contribution >= 4 is 35.0 Å². The molecule has 0 radical (unpaired) electrons. The van der Waals surface area contributed by atoms with Crippen molar-refractivity contribution in [2.24, 2.45) is 11.8 Å². The lowest BCUT2D eigenvalue weighted by atomic mass is 9.76. The number of fused-ring (bicyclic) bond motifs is 4. The fourth-order valence-corrected chi connectivity index (χ4v) is 4.64. The van der Waals surface area contributed by atoms with E-state index in [2.05, 4.69) is 10.6 Å². The summed E-state index contributed by atoms with van der Waals surface area (Å²) in [7, 11) is 1.51. The maximum atomic E-state index is 13.0. The summed E-state index contributed by atoms with van der Waals surface area (Å²) in [5.41, 5.74) is -0.136. The molecule has 132 valence electrons. The van der Waals surface area contributed by atoms with Crippen molar-refractivity contribution in [1.82, 2.24) is 10.2 Å². The van der Waals surface area contributed by atoms with Gasteiger partial charge in [-0.05, 0) is 13.0 Å². The number of carbonyl (C=O) groups excluding carboxylic acids is 3. The second-order valence-electron chi connectivity index (χ2n) is 6.68. The van der Waals surface area contributed by atoms with Gasteiger partial charge in [0.15, 0.2) is 0 Å². The molecule has 1 spiro atoms. The lowest BCUT2D eigenvalue weighted by Crippen LogP contribution is -2.53. The zero-order valence-corrected chi connectivity index (χ0v) is 14.6. The van der Waals surface area contributed by atoms with E-state index in [-0.39, 0.29) is 36.9 Å². The van der Waals surface area contributed by atoms with E-state index in [0.29, 0.717) is 16.3 Å². The van der Waals surface area contributed by atoms with Gasteiger partial charge in [-0.3, -0.25) is 24.6 Å². The van der Waals surface area contributed by atoms with E-state index in [4.69, 9.17) is 16.3 Å². The minimum Gasteiger partial charge on any atom is -0.383 e. The Morgan fingerprint density at radius 1 is 1.28 bits per heavy atom. The van der Waals surface area contributed by atoms with Crippen molar-refractivity contribution < 1.29 is 19.1 Å². The zero-order chi connectivity index (χ0) is 17.9. The number of para-hydroxylation sites is 1. The summed E-state index contributed by atoms with van der Waals surface area (Å²) in [5, 5.41) is 6.43. The topological polar surface area (TPSA) is 87.7 Å². The summed E-state index contributed by atoms with van der Waals surface area (Å²) in [6.07, 6.45) is 0. The first-order valence-electron chi connectivity index (χ1n) is 8.15. The number of amides is 3. The predicted octanol–water partition coefficient (Wildman–Crippen LogP) is 0.727. The molecule has 0 bridgehead atoms. The largest absolute Gasteiger partial charge is 0.383 e. The average molecular weight is 364 g/mol. The van der Waals surface area contributed by atoms with E-state index in [9.17, 15) is 14.4 Å². The number of carbonyl (C=O) groups is 3. The third-order valence-electron chi connectivity index (χ3n) is 5.46. The fourth-order valence-electron chi connectivity index (χ4n) is 4.42. The maximum absolute atomic E-state index is 13.0. The first-order valence-corrected chi connectivity index (χ1v) is 8.53. The average Bonchev–Trinajstić information content (AvgIpc) is 3.13. The molecule has 1 aromatic rings. The Bertz CT molecular complexity index is 798. The van der Waals surface area contributed by atoms with E-state index in [0.717, 1.165) is 0 Å². The molecule has 4 rings (SSSR count). The van der Waals surface area contributed by atoms with Crippen LogP contribution in [0.2, 0.25) is 5.02 Å². The Labute approximate surface area is 149 Å². The number of methoxy groups -OCH3 is 1. The third kappa shape index (κ3) is 1.97. The van der Waals surface area contributed by atoms with E-state index < -0.39 is 17.4 Å². The number of ether oxygens (including phenoxy) is 1. The highest BCUT2D eigenvalue weighted by Crippen LogP contribution is 2.53. The predicted molar refractivity (Wildman–Crippen MR) is 89.9 cm³/mol. The summed E-state index contributed by atoms with van der Waals surface area (Å²) < 4.78 is 5.00. The van der Waals surface area contributed by atoms with Crippen LogP contribution in [0.15, 0.2) is 18.2 Å². The molecule has 4 unspecified atom stereocenters. The van der Waals surface area contributed by atoms with Crippen LogP contribution < -0.4 is 10.6 Å². The van der Waals surface area contributed by atoms with Crippen LogP contribution in [0.3, 0.4) is 0 Å². The Kier molecular flexibility index (Phi) is 3.64. The second kappa shape index (κ2) is 5.52. The molecule has 1 aromatic carbocycles. The molecule has 3 aliphatic heterocycles. The van der Waals surface area contributed by atoms with Crippen molar-refractivity contribution in [2.75, 3.05) is 25.6 Å². The second-order valence-corrected chi connectivity index (χ2v) is 7.09. The number of nitrogens with one attached hydrogen (secondary N) is 2. The summed E-state index contributed by atoms with van der Waals surface area (Å²) in [5.74, 6) is -2.31. The zero-order valence-electron chi connectivity index (χ0n) is 13.8. The first kappa shape index (κ1) is 16.5. The maximum Gasteiger partial charge on any atom is 0.250 e. The van der Waals surface area contributed by atoms with E-state index >= 15 is 0 Å². The third-order valence-corrected chi connectivity index (χ3v) is 5.77. The van der Waals surface area contributed by atoms with Gasteiger partial charge < -0.3 is 10.1 Å². The highest BCUT2D eigenvalue weighted by molar-refractivity contribution is 6.35. The Balaban J connectivity index is 1.84. The van der Waals surface area contributed by atoms with Crippen molar-refractivity contribution in [3.8, 4) is 0 Å². The number of anilines is 1. The van der Waals surface area contributed by atoms with Gasteiger partial charge in [-0.15, -0.1) is 0 Å². The molecule has 3 heterocycles. The molecule has 2 saturated heterocycles. The molecule has 0 aromatic heterocycles. The van der Waals surface area contributed by atoms with Crippen LogP contribution in [-0.2, 0) is 24.7 Å². The molecule has 8 heteroatoms. The van der Waals surface area contributed by atoms with Gasteiger partial charge in [0.25, 0.3) is 0 Å². The van der Waals surface area contributed by atoms with Crippen molar-refractivity contribution in [3.05, 3.63) is 28.8 Å². The molecule has 3 aliphatic rings. The summed E-state index contributed by atoms with van der Waals surface area (Å²) in [6, 6.07) is 4.88. The SMILES string of the molecule is COCCN1C(=O)C2C(C)NC3(C(=O)Nc4c(Cl)cccc43)C2C1=O.